The highest BCUT2D eigenvalue weighted by Gasteiger charge is 2.18. The molecule has 1 atom stereocenters. The van der Waals surface area contributed by atoms with E-state index in [0.29, 0.717) is 30.6 Å². The van der Waals surface area contributed by atoms with Gasteiger partial charge in [0.05, 0.1) is 12.2 Å². The second kappa shape index (κ2) is 10.3. The van der Waals surface area contributed by atoms with Crippen LogP contribution in [-0.2, 0) is 14.3 Å². The van der Waals surface area contributed by atoms with Crippen molar-refractivity contribution in [1.29, 1.82) is 0 Å². The average Bonchev–Trinajstić information content (AvgIpc) is 2.55. The molecule has 0 aliphatic rings. The summed E-state index contributed by atoms with van der Waals surface area (Å²) in [6.07, 6.45) is 0.902. The molecule has 1 aromatic carbocycles. The molecule has 1 aromatic rings. The largest absolute Gasteiger partial charge is 0.462 e. The van der Waals surface area contributed by atoms with Crippen molar-refractivity contribution in [3.05, 3.63) is 29.8 Å². The SMILES string of the molecule is CCOC(=O)c1ccc(NC(=O)OC(=O)C(N)CCCCN)cc1. The first-order valence-electron chi connectivity index (χ1n) is 7.73. The Morgan fingerprint density at radius 1 is 1.17 bits per heavy atom. The zero-order valence-corrected chi connectivity index (χ0v) is 13.6. The zero-order valence-electron chi connectivity index (χ0n) is 13.6. The Kier molecular flexibility index (Phi) is 8.45. The molecule has 1 amide bonds. The molecule has 1 unspecified atom stereocenters. The van der Waals surface area contributed by atoms with Gasteiger partial charge in [-0.1, -0.05) is 6.42 Å². The molecule has 0 aromatic heterocycles. The fourth-order valence-corrected chi connectivity index (χ4v) is 1.84. The second-order valence-electron chi connectivity index (χ2n) is 5.02. The van der Waals surface area contributed by atoms with E-state index in [1.165, 1.54) is 24.3 Å². The normalized spacial score (nSPS) is 11.5. The molecule has 0 bridgehead atoms. The van der Waals surface area contributed by atoms with E-state index in [9.17, 15) is 14.4 Å². The molecule has 8 heteroatoms. The molecule has 0 aliphatic carbocycles. The summed E-state index contributed by atoms with van der Waals surface area (Å²) in [5.74, 6) is -1.25. The number of ether oxygens (including phenoxy) is 2. The van der Waals surface area contributed by atoms with Crippen molar-refractivity contribution in [2.75, 3.05) is 18.5 Å². The van der Waals surface area contributed by atoms with Crippen LogP contribution in [0.5, 0.6) is 0 Å². The molecule has 0 radical (unpaired) electrons. The lowest BCUT2D eigenvalue weighted by Crippen LogP contribution is -2.35. The lowest BCUT2D eigenvalue weighted by Gasteiger charge is -2.11. The van der Waals surface area contributed by atoms with Crippen LogP contribution in [-0.4, -0.2) is 37.2 Å². The first-order valence-corrected chi connectivity index (χ1v) is 7.73. The number of anilines is 1. The number of rotatable bonds is 8. The standard InChI is InChI=1S/C16H23N3O5/c1-2-23-14(20)11-6-8-12(9-7-11)19-16(22)24-15(21)13(18)5-3-4-10-17/h6-9,13H,2-5,10,17-18H2,1H3,(H,19,22). The van der Waals surface area contributed by atoms with Crippen molar-refractivity contribution in [3.63, 3.8) is 0 Å². The quantitative estimate of drug-likeness (QED) is 0.371. The van der Waals surface area contributed by atoms with Crippen molar-refractivity contribution in [1.82, 2.24) is 0 Å². The molecule has 0 saturated carbocycles. The third-order valence-electron chi connectivity index (χ3n) is 3.11. The van der Waals surface area contributed by atoms with Crippen molar-refractivity contribution < 1.29 is 23.9 Å². The first kappa shape index (κ1) is 19.6. The maximum absolute atomic E-state index is 11.7. The molecule has 0 fully saturated rings. The highest BCUT2D eigenvalue weighted by atomic mass is 16.6. The van der Waals surface area contributed by atoms with Crippen LogP contribution in [0.2, 0.25) is 0 Å². The smallest absolute Gasteiger partial charge is 0.419 e. The number of unbranched alkanes of at least 4 members (excludes halogenated alkanes) is 1. The van der Waals surface area contributed by atoms with Gasteiger partial charge in [0.1, 0.15) is 6.04 Å². The van der Waals surface area contributed by atoms with Crippen LogP contribution in [0.3, 0.4) is 0 Å². The molecule has 5 N–H and O–H groups in total. The van der Waals surface area contributed by atoms with Gasteiger partial charge in [-0.2, -0.15) is 0 Å². The van der Waals surface area contributed by atoms with Crippen LogP contribution >= 0.6 is 0 Å². The van der Waals surface area contributed by atoms with Gasteiger partial charge in [-0.05, 0) is 50.6 Å². The number of hydrogen-bond acceptors (Lipinski definition) is 7. The Morgan fingerprint density at radius 3 is 2.42 bits per heavy atom. The van der Waals surface area contributed by atoms with Gasteiger partial charge < -0.3 is 20.9 Å². The monoisotopic (exact) mass is 337 g/mol. The van der Waals surface area contributed by atoms with Gasteiger partial charge in [0.2, 0.25) is 0 Å². The summed E-state index contributed by atoms with van der Waals surface area (Å²) >= 11 is 0. The Morgan fingerprint density at radius 2 is 1.83 bits per heavy atom. The fraction of sp³-hybridized carbons (Fsp3) is 0.438. The van der Waals surface area contributed by atoms with Gasteiger partial charge in [0, 0.05) is 5.69 Å². The predicted molar refractivity (Wildman–Crippen MR) is 88.4 cm³/mol. The average molecular weight is 337 g/mol. The van der Waals surface area contributed by atoms with Crippen molar-refractivity contribution in [2.45, 2.75) is 32.2 Å². The third-order valence-corrected chi connectivity index (χ3v) is 3.11. The van der Waals surface area contributed by atoms with Gasteiger partial charge >= 0.3 is 18.0 Å². The Bertz CT molecular complexity index is 559. The minimum Gasteiger partial charge on any atom is -0.462 e. The van der Waals surface area contributed by atoms with Crippen LogP contribution in [0, 0.1) is 0 Å². The van der Waals surface area contributed by atoms with E-state index < -0.39 is 24.1 Å². The first-order chi connectivity index (χ1) is 11.5. The van der Waals surface area contributed by atoms with Crippen molar-refractivity contribution >= 4 is 23.7 Å². The number of amides is 1. The molecular formula is C16H23N3O5. The second-order valence-corrected chi connectivity index (χ2v) is 5.02. The van der Waals surface area contributed by atoms with Crippen LogP contribution in [0.25, 0.3) is 0 Å². The van der Waals surface area contributed by atoms with Crippen molar-refractivity contribution in [2.24, 2.45) is 11.5 Å². The summed E-state index contributed by atoms with van der Waals surface area (Å²) in [5.41, 5.74) is 11.7. The number of nitrogens with two attached hydrogens (primary N) is 2. The Hall–Kier alpha value is -2.45. The van der Waals surface area contributed by atoms with E-state index >= 15 is 0 Å². The highest BCUT2D eigenvalue weighted by molar-refractivity contribution is 5.95. The lowest BCUT2D eigenvalue weighted by molar-refractivity contribution is -0.138. The molecule has 0 heterocycles. The molecular weight excluding hydrogens is 314 g/mol. The van der Waals surface area contributed by atoms with Crippen LogP contribution in [0.1, 0.15) is 36.5 Å². The number of esters is 2. The highest BCUT2D eigenvalue weighted by Crippen LogP contribution is 2.11. The molecule has 0 aliphatic heterocycles. The fourth-order valence-electron chi connectivity index (χ4n) is 1.84. The van der Waals surface area contributed by atoms with Crippen molar-refractivity contribution in [3.8, 4) is 0 Å². The van der Waals surface area contributed by atoms with Gasteiger partial charge in [-0.15, -0.1) is 0 Å². The molecule has 0 saturated heterocycles. The minimum atomic E-state index is -0.932. The van der Waals surface area contributed by atoms with Gasteiger partial charge in [-0.25, -0.2) is 14.4 Å². The van der Waals surface area contributed by atoms with E-state index in [1.807, 2.05) is 0 Å². The van der Waals surface area contributed by atoms with E-state index in [1.54, 1.807) is 6.92 Å². The van der Waals surface area contributed by atoms with Crippen LogP contribution < -0.4 is 16.8 Å². The number of benzene rings is 1. The predicted octanol–water partition coefficient (Wildman–Crippen LogP) is 1.39. The summed E-state index contributed by atoms with van der Waals surface area (Å²) in [6, 6.07) is 5.12. The summed E-state index contributed by atoms with van der Waals surface area (Å²) in [6.45, 7) is 2.50. The molecule has 0 spiro atoms. The maximum atomic E-state index is 11.7. The summed E-state index contributed by atoms with van der Waals surface area (Å²) < 4.78 is 9.48. The van der Waals surface area contributed by atoms with E-state index in [2.05, 4.69) is 10.1 Å². The number of carbonyl (C=O) groups is 3. The van der Waals surface area contributed by atoms with Gasteiger partial charge in [0.15, 0.2) is 0 Å². The molecule has 24 heavy (non-hydrogen) atoms. The Balaban J connectivity index is 2.47. The number of carbonyl (C=O) groups excluding carboxylic acids is 3. The Labute approximate surface area is 140 Å². The number of nitrogens with one attached hydrogen (secondary N) is 1. The van der Waals surface area contributed by atoms with Gasteiger partial charge in [-0.3, -0.25) is 5.32 Å². The molecule has 1 rings (SSSR count). The van der Waals surface area contributed by atoms with E-state index in [4.69, 9.17) is 16.2 Å². The maximum Gasteiger partial charge on any atom is 0.419 e. The van der Waals surface area contributed by atoms with Crippen LogP contribution in [0.15, 0.2) is 24.3 Å². The third kappa shape index (κ3) is 6.76. The van der Waals surface area contributed by atoms with Crippen LogP contribution in [0.4, 0.5) is 10.5 Å². The number of hydrogen-bond donors (Lipinski definition) is 3. The van der Waals surface area contributed by atoms with Gasteiger partial charge in [0.25, 0.3) is 0 Å². The molecule has 8 nitrogen and oxygen atoms in total. The minimum absolute atomic E-state index is 0.277. The summed E-state index contributed by atoms with van der Waals surface area (Å²) in [7, 11) is 0. The van der Waals surface area contributed by atoms with E-state index in [0.717, 1.165) is 6.42 Å². The summed E-state index contributed by atoms with van der Waals surface area (Å²) in [5, 5.41) is 2.38. The lowest BCUT2D eigenvalue weighted by atomic mass is 10.1. The molecule has 132 valence electrons. The summed E-state index contributed by atoms with van der Waals surface area (Å²) in [4.78, 5) is 34.8. The zero-order chi connectivity index (χ0) is 17.9. The topological polar surface area (TPSA) is 134 Å². The van der Waals surface area contributed by atoms with E-state index in [-0.39, 0.29) is 6.61 Å².